The van der Waals surface area contributed by atoms with Crippen molar-refractivity contribution in [1.82, 2.24) is 4.90 Å². The number of benzene rings is 2. The van der Waals surface area contributed by atoms with E-state index in [9.17, 15) is 14.0 Å². The molecule has 3 aliphatic rings. The summed E-state index contributed by atoms with van der Waals surface area (Å²) in [5, 5.41) is 0. The number of hydrogen-bond acceptors (Lipinski definition) is 5. The fourth-order valence-electron chi connectivity index (χ4n) is 5.63. The van der Waals surface area contributed by atoms with Crippen LogP contribution in [0.25, 0.3) is 0 Å². The van der Waals surface area contributed by atoms with Crippen LogP contribution >= 0.6 is 0 Å². The van der Waals surface area contributed by atoms with Crippen LogP contribution in [0.2, 0.25) is 0 Å². The predicted molar refractivity (Wildman–Crippen MR) is 137 cm³/mol. The van der Waals surface area contributed by atoms with Crippen LogP contribution < -0.4 is 4.74 Å². The zero-order valence-corrected chi connectivity index (χ0v) is 21.9. The maximum absolute atomic E-state index is 14.9. The second kappa shape index (κ2) is 10.3. The van der Waals surface area contributed by atoms with E-state index in [0.29, 0.717) is 12.4 Å². The fourth-order valence-corrected chi connectivity index (χ4v) is 5.63. The van der Waals surface area contributed by atoms with Crippen molar-refractivity contribution in [2.24, 2.45) is 5.92 Å². The fraction of sp³-hybridized carbons (Fsp3) is 0.533. The van der Waals surface area contributed by atoms with Gasteiger partial charge in [0.15, 0.2) is 0 Å². The summed E-state index contributed by atoms with van der Waals surface area (Å²) in [6.45, 7) is 6.04. The number of rotatable bonds is 7. The Kier molecular flexibility index (Phi) is 7.15. The Morgan fingerprint density at radius 2 is 1.68 bits per heavy atom. The van der Waals surface area contributed by atoms with Crippen LogP contribution in [0.3, 0.4) is 0 Å². The van der Waals surface area contributed by atoms with Gasteiger partial charge in [-0.15, -0.1) is 0 Å². The molecule has 2 aromatic carbocycles. The predicted octanol–water partition coefficient (Wildman–Crippen LogP) is 6.62. The van der Waals surface area contributed by atoms with Crippen molar-refractivity contribution in [2.75, 3.05) is 6.61 Å². The largest absolute Gasteiger partial charge is 0.493 e. The van der Waals surface area contributed by atoms with Gasteiger partial charge < -0.3 is 19.1 Å². The molecule has 1 aliphatic carbocycles. The molecule has 3 fully saturated rings. The standard InChI is InChI=1S/C30H36FNO5/c1-30(2,3)37-28(33)25-15-24(21-9-10-21)27(16-26(25)31)35-18-20-13-22-11-12-23(14-20)32(22)29(34)36-17-19-7-5-4-6-8-19/h4-8,15-16,20-23H,9-14,17-18H2,1-3H3/t20-,22-,23+. The summed E-state index contributed by atoms with van der Waals surface area (Å²) in [4.78, 5) is 27.3. The number of esters is 1. The highest BCUT2D eigenvalue weighted by Crippen LogP contribution is 2.46. The van der Waals surface area contributed by atoms with Gasteiger partial charge in [-0.1, -0.05) is 30.3 Å². The topological polar surface area (TPSA) is 65.1 Å². The molecule has 37 heavy (non-hydrogen) atoms. The second-order valence-electron chi connectivity index (χ2n) is 11.6. The van der Waals surface area contributed by atoms with Crippen LogP contribution in [0.1, 0.15) is 86.7 Å². The van der Waals surface area contributed by atoms with Gasteiger partial charge in [-0.05, 0) is 88.3 Å². The molecule has 0 N–H and O–H groups in total. The van der Waals surface area contributed by atoms with Crippen LogP contribution in [-0.4, -0.2) is 41.3 Å². The van der Waals surface area contributed by atoms with E-state index in [0.717, 1.165) is 49.7 Å². The van der Waals surface area contributed by atoms with E-state index >= 15 is 0 Å². The Morgan fingerprint density at radius 3 is 2.30 bits per heavy atom. The number of carbonyl (C=O) groups excluding carboxylic acids is 2. The maximum atomic E-state index is 14.9. The first kappa shape index (κ1) is 25.6. The number of hydrogen-bond donors (Lipinski definition) is 0. The van der Waals surface area contributed by atoms with Crippen molar-refractivity contribution >= 4 is 12.1 Å². The maximum Gasteiger partial charge on any atom is 0.410 e. The Labute approximate surface area is 218 Å². The van der Waals surface area contributed by atoms with E-state index in [1.54, 1.807) is 26.8 Å². The van der Waals surface area contributed by atoms with Crippen LogP contribution in [0, 0.1) is 11.7 Å². The van der Waals surface area contributed by atoms with Crippen LogP contribution in [0.5, 0.6) is 5.75 Å². The van der Waals surface area contributed by atoms with Crippen LogP contribution in [0.4, 0.5) is 9.18 Å². The minimum absolute atomic E-state index is 0.0375. The molecule has 0 aromatic heterocycles. The first-order valence-electron chi connectivity index (χ1n) is 13.4. The number of fused-ring (bicyclic) bond motifs is 2. The third-order valence-corrected chi connectivity index (χ3v) is 7.46. The molecule has 2 saturated heterocycles. The Balaban J connectivity index is 1.20. The highest BCUT2D eigenvalue weighted by molar-refractivity contribution is 5.90. The lowest BCUT2D eigenvalue weighted by atomic mass is 9.91. The number of nitrogens with zero attached hydrogens (tertiary/aromatic N) is 1. The summed E-state index contributed by atoms with van der Waals surface area (Å²) in [7, 11) is 0. The Bertz CT molecular complexity index is 1130. The van der Waals surface area contributed by atoms with Crippen LogP contribution in [-0.2, 0) is 16.1 Å². The molecule has 0 unspecified atom stereocenters. The molecule has 1 amide bonds. The molecular weight excluding hydrogens is 473 g/mol. The van der Waals surface area contributed by atoms with E-state index in [1.807, 2.05) is 35.2 Å². The molecule has 1 saturated carbocycles. The van der Waals surface area contributed by atoms with Gasteiger partial charge in [0.25, 0.3) is 0 Å². The lowest BCUT2D eigenvalue weighted by Gasteiger charge is -2.38. The normalized spacial score (nSPS) is 23.0. The highest BCUT2D eigenvalue weighted by atomic mass is 19.1. The van der Waals surface area contributed by atoms with Crippen molar-refractivity contribution in [3.63, 3.8) is 0 Å². The molecule has 198 valence electrons. The van der Waals surface area contributed by atoms with Crippen molar-refractivity contribution in [3.05, 3.63) is 65.0 Å². The van der Waals surface area contributed by atoms with Gasteiger partial charge in [0.2, 0.25) is 0 Å². The zero-order valence-electron chi connectivity index (χ0n) is 21.9. The lowest BCUT2D eigenvalue weighted by molar-refractivity contribution is 0.00641. The third-order valence-electron chi connectivity index (χ3n) is 7.46. The number of amides is 1. The smallest absolute Gasteiger partial charge is 0.410 e. The Morgan fingerprint density at radius 1 is 1.00 bits per heavy atom. The summed E-state index contributed by atoms with van der Waals surface area (Å²) in [5.74, 6) is -0.193. The third kappa shape index (κ3) is 6.08. The molecule has 0 spiro atoms. The van der Waals surface area contributed by atoms with Crippen molar-refractivity contribution < 1.29 is 28.2 Å². The quantitative estimate of drug-likeness (QED) is 0.393. The molecule has 7 heteroatoms. The van der Waals surface area contributed by atoms with Crippen molar-refractivity contribution in [1.29, 1.82) is 0 Å². The van der Waals surface area contributed by atoms with Gasteiger partial charge in [0, 0.05) is 18.2 Å². The average molecular weight is 510 g/mol. The van der Waals surface area contributed by atoms with Crippen molar-refractivity contribution in [3.8, 4) is 5.75 Å². The highest BCUT2D eigenvalue weighted by Gasteiger charge is 2.44. The number of halogens is 1. The molecule has 6 nitrogen and oxygen atoms in total. The molecule has 5 rings (SSSR count). The molecule has 0 radical (unpaired) electrons. The van der Waals surface area contributed by atoms with Gasteiger partial charge in [0.1, 0.15) is 23.8 Å². The first-order valence-corrected chi connectivity index (χ1v) is 13.4. The van der Waals surface area contributed by atoms with Gasteiger partial charge in [-0.2, -0.15) is 0 Å². The SMILES string of the molecule is CC(C)(C)OC(=O)c1cc(C2CC2)c(OC[C@@H]2C[C@H]3CC[C@@H](C2)N3C(=O)OCc2ccccc2)cc1F. The van der Waals surface area contributed by atoms with Gasteiger partial charge in [-0.3, -0.25) is 0 Å². The first-order chi connectivity index (χ1) is 17.7. The minimum Gasteiger partial charge on any atom is -0.493 e. The van der Waals surface area contributed by atoms with Crippen LogP contribution in [0.15, 0.2) is 42.5 Å². The van der Waals surface area contributed by atoms with Gasteiger partial charge in [-0.25, -0.2) is 14.0 Å². The second-order valence-corrected chi connectivity index (χ2v) is 11.6. The number of piperidine rings is 1. The molecule has 2 heterocycles. The number of ether oxygens (including phenoxy) is 3. The minimum atomic E-state index is -0.694. The summed E-state index contributed by atoms with van der Waals surface area (Å²) in [6.07, 6.45) is 5.38. The van der Waals surface area contributed by atoms with Crippen molar-refractivity contribution in [2.45, 2.75) is 89.5 Å². The Hall–Kier alpha value is -3.09. The van der Waals surface area contributed by atoms with E-state index in [4.69, 9.17) is 14.2 Å². The summed E-state index contributed by atoms with van der Waals surface area (Å²) < 4.78 is 32.1. The summed E-state index contributed by atoms with van der Waals surface area (Å²) >= 11 is 0. The summed E-state index contributed by atoms with van der Waals surface area (Å²) in [6, 6.07) is 13.0. The lowest BCUT2D eigenvalue weighted by Crippen LogP contribution is -2.47. The molecule has 2 aliphatic heterocycles. The monoisotopic (exact) mass is 509 g/mol. The molecule has 3 atom stereocenters. The van der Waals surface area contributed by atoms with E-state index in [1.165, 1.54) is 6.07 Å². The molecule has 2 aromatic rings. The van der Waals surface area contributed by atoms with Gasteiger partial charge in [0.05, 0.1) is 12.2 Å². The zero-order chi connectivity index (χ0) is 26.2. The van der Waals surface area contributed by atoms with Gasteiger partial charge >= 0.3 is 12.1 Å². The van der Waals surface area contributed by atoms with E-state index in [-0.39, 0.29) is 42.2 Å². The van der Waals surface area contributed by atoms with E-state index in [2.05, 4.69) is 0 Å². The van der Waals surface area contributed by atoms with E-state index < -0.39 is 17.4 Å². The number of carbonyl (C=O) groups is 2. The summed E-state index contributed by atoms with van der Waals surface area (Å²) in [5.41, 5.74) is 1.13. The molecule has 2 bridgehead atoms. The average Bonchev–Trinajstić information content (AvgIpc) is 3.65. The molecular formula is C30H36FNO5.